The van der Waals surface area contributed by atoms with Gasteiger partial charge in [0.05, 0.1) is 5.56 Å². The Morgan fingerprint density at radius 2 is 1.72 bits per heavy atom. The molecule has 3 aromatic rings. The third-order valence-corrected chi connectivity index (χ3v) is 7.69. The van der Waals surface area contributed by atoms with Gasteiger partial charge in [0.25, 0.3) is 5.91 Å². The van der Waals surface area contributed by atoms with E-state index in [0.717, 1.165) is 31.8 Å². The lowest BCUT2D eigenvalue weighted by atomic mass is 9.88. The van der Waals surface area contributed by atoms with Crippen LogP contribution in [0.4, 0.5) is 14.6 Å². The Balaban J connectivity index is 1.25. The van der Waals surface area contributed by atoms with Crippen LogP contribution in [0.3, 0.4) is 0 Å². The number of rotatable bonds is 5. The summed E-state index contributed by atoms with van der Waals surface area (Å²) in [6.45, 7) is 3.92. The zero-order valence-electron chi connectivity index (χ0n) is 20.1. The van der Waals surface area contributed by atoms with Crippen LogP contribution in [0.15, 0.2) is 36.4 Å². The molecule has 1 aromatic heterocycles. The van der Waals surface area contributed by atoms with E-state index in [0.29, 0.717) is 35.6 Å². The summed E-state index contributed by atoms with van der Waals surface area (Å²) in [6, 6.07) is 10.7. The van der Waals surface area contributed by atoms with Crippen molar-refractivity contribution < 1.29 is 13.6 Å². The van der Waals surface area contributed by atoms with Gasteiger partial charge in [-0.05, 0) is 80.3 Å². The summed E-state index contributed by atoms with van der Waals surface area (Å²) in [5.41, 5.74) is 9.11. The molecule has 1 saturated heterocycles. The van der Waals surface area contributed by atoms with Crippen molar-refractivity contribution in [2.24, 2.45) is 5.92 Å². The topological polar surface area (TPSA) is 84.1 Å². The molecule has 0 radical (unpaired) electrons. The number of fused-ring (bicyclic) bond motifs is 1. The van der Waals surface area contributed by atoms with E-state index >= 15 is 0 Å². The fraction of sp³-hybridized carbons (Fsp3) is 0.393. The molecule has 0 atom stereocenters. The summed E-state index contributed by atoms with van der Waals surface area (Å²) < 4.78 is 29.6. The number of carbonyl (C=O) groups is 1. The number of anilines is 1. The average Bonchev–Trinajstić information content (AvgIpc) is 3.69. The number of aromatic nitrogens is 2. The van der Waals surface area contributed by atoms with Crippen molar-refractivity contribution in [2.75, 3.05) is 31.9 Å². The van der Waals surface area contributed by atoms with Crippen molar-refractivity contribution in [3.05, 3.63) is 64.9 Å². The van der Waals surface area contributed by atoms with Crippen LogP contribution in [-0.2, 0) is 6.42 Å². The minimum Gasteiger partial charge on any atom is -0.382 e. The smallest absolute Gasteiger partial charge is 0.254 e. The van der Waals surface area contributed by atoms with E-state index in [2.05, 4.69) is 20.2 Å². The molecular formula is C28H29F2N5O. The summed E-state index contributed by atoms with van der Waals surface area (Å²) in [7, 11) is 0. The number of nitrogens with two attached hydrogens (primary N) is 1. The number of benzene rings is 2. The predicted octanol–water partition coefficient (Wildman–Crippen LogP) is 4.55. The van der Waals surface area contributed by atoms with Gasteiger partial charge < -0.3 is 16.0 Å². The maximum atomic E-state index is 14.9. The van der Waals surface area contributed by atoms with E-state index < -0.39 is 17.7 Å². The monoisotopic (exact) mass is 489 g/mol. The summed E-state index contributed by atoms with van der Waals surface area (Å²) in [5, 5.41) is 2.64. The molecule has 0 unspecified atom stereocenters. The van der Waals surface area contributed by atoms with Gasteiger partial charge in [-0.15, -0.1) is 0 Å². The third kappa shape index (κ3) is 4.46. The molecule has 2 aromatic carbocycles. The number of nitrogens with one attached hydrogen (secondary N) is 1. The second-order valence-corrected chi connectivity index (χ2v) is 10.2. The summed E-state index contributed by atoms with van der Waals surface area (Å²) in [5.74, 6) is -0.560. The van der Waals surface area contributed by atoms with Gasteiger partial charge in [0.15, 0.2) is 5.82 Å². The minimum atomic E-state index is -0.768. The Hall–Kier alpha value is -3.39. The van der Waals surface area contributed by atoms with E-state index in [1.807, 2.05) is 24.3 Å². The molecule has 3 aliphatic rings. The molecular weight excluding hydrogens is 460 g/mol. The van der Waals surface area contributed by atoms with Crippen LogP contribution in [-0.4, -0.2) is 47.0 Å². The molecule has 8 heteroatoms. The standard InChI is InChI=1S/C28H29F2N5O/c29-22-14-21(13-20-7-10-32-28(36)23(20)22)25-27(31)34-26(30)24(33-25)19-5-3-17(4-6-19)18-8-11-35(12-9-18)15-16-1-2-16/h3-6,13-14,16,18H,1-2,7-12,15H2,(H2,31,34)(H,32,36). The molecule has 3 heterocycles. The minimum absolute atomic E-state index is 0.0350. The van der Waals surface area contributed by atoms with E-state index in [9.17, 15) is 13.6 Å². The lowest BCUT2D eigenvalue weighted by Crippen LogP contribution is -2.34. The van der Waals surface area contributed by atoms with Crippen LogP contribution in [0.25, 0.3) is 22.5 Å². The number of hydrogen-bond donors (Lipinski definition) is 2. The number of likely N-dealkylation sites (tertiary alicyclic amines) is 1. The van der Waals surface area contributed by atoms with Crippen LogP contribution >= 0.6 is 0 Å². The van der Waals surface area contributed by atoms with Crippen molar-refractivity contribution in [1.82, 2.24) is 20.2 Å². The molecule has 2 aliphatic heterocycles. The Morgan fingerprint density at radius 1 is 0.972 bits per heavy atom. The normalized spacial score (nSPS) is 18.7. The summed E-state index contributed by atoms with van der Waals surface area (Å²) in [4.78, 5) is 23.0. The number of halogens is 2. The maximum absolute atomic E-state index is 14.9. The van der Waals surface area contributed by atoms with Crippen LogP contribution in [0.2, 0.25) is 0 Å². The van der Waals surface area contributed by atoms with Gasteiger partial charge in [0.2, 0.25) is 5.95 Å². The largest absolute Gasteiger partial charge is 0.382 e. The van der Waals surface area contributed by atoms with Crippen LogP contribution in [0.5, 0.6) is 0 Å². The number of nitrogen functional groups attached to an aromatic ring is 1. The molecule has 186 valence electrons. The average molecular weight is 490 g/mol. The van der Waals surface area contributed by atoms with E-state index in [-0.39, 0.29) is 22.8 Å². The second kappa shape index (κ2) is 9.24. The summed E-state index contributed by atoms with van der Waals surface area (Å²) in [6.07, 6.45) is 5.52. The van der Waals surface area contributed by atoms with Gasteiger partial charge in [-0.2, -0.15) is 9.37 Å². The van der Waals surface area contributed by atoms with Gasteiger partial charge in [-0.25, -0.2) is 9.37 Å². The first-order valence-electron chi connectivity index (χ1n) is 12.7. The quantitative estimate of drug-likeness (QED) is 0.550. The van der Waals surface area contributed by atoms with Crippen LogP contribution in [0, 0.1) is 17.7 Å². The third-order valence-electron chi connectivity index (χ3n) is 7.69. The molecule has 36 heavy (non-hydrogen) atoms. The fourth-order valence-corrected chi connectivity index (χ4v) is 5.50. The number of piperidine rings is 1. The first kappa shape index (κ1) is 23.0. The molecule has 3 N–H and O–H groups in total. The van der Waals surface area contributed by atoms with Crippen molar-refractivity contribution in [2.45, 2.75) is 38.0 Å². The van der Waals surface area contributed by atoms with E-state index in [1.165, 1.54) is 31.0 Å². The molecule has 1 aliphatic carbocycles. The van der Waals surface area contributed by atoms with Crippen molar-refractivity contribution >= 4 is 11.7 Å². The van der Waals surface area contributed by atoms with Crippen molar-refractivity contribution in [3.8, 4) is 22.5 Å². The fourth-order valence-electron chi connectivity index (χ4n) is 5.50. The Kier molecular flexibility index (Phi) is 5.91. The van der Waals surface area contributed by atoms with Gasteiger partial charge in [0.1, 0.15) is 17.2 Å². The number of nitrogens with zero attached hydrogens (tertiary/aromatic N) is 3. The van der Waals surface area contributed by atoms with Gasteiger partial charge >= 0.3 is 0 Å². The molecule has 2 fully saturated rings. The Labute approximate surface area is 208 Å². The molecule has 1 saturated carbocycles. The number of carbonyl (C=O) groups excluding carboxylic acids is 1. The zero-order valence-corrected chi connectivity index (χ0v) is 20.1. The lowest BCUT2D eigenvalue weighted by molar-refractivity contribution is 0.0941. The molecule has 0 spiro atoms. The predicted molar refractivity (Wildman–Crippen MR) is 134 cm³/mol. The second-order valence-electron chi connectivity index (χ2n) is 10.2. The zero-order chi connectivity index (χ0) is 24.8. The highest BCUT2D eigenvalue weighted by Gasteiger charge is 2.28. The van der Waals surface area contributed by atoms with Gasteiger partial charge in [-0.3, -0.25) is 4.79 Å². The Morgan fingerprint density at radius 3 is 2.44 bits per heavy atom. The van der Waals surface area contributed by atoms with Crippen molar-refractivity contribution in [3.63, 3.8) is 0 Å². The molecule has 0 bridgehead atoms. The lowest BCUT2D eigenvalue weighted by Gasteiger charge is -2.32. The van der Waals surface area contributed by atoms with Gasteiger partial charge in [-0.1, -0.05) is 24.3 Å². The summed E-state index contributed by atoms with van der Waals surface area (Å²) >= 11 is 0. The Bertz CT molecular complexity index is 1310. The SMILES string of the molecule is Nc1nc(F)c(-c2ccc(C3CCN(CC4CC4)CC3)cc2)nc1-c1cc(F)c2c(c1)CCNC2=O. The van der Waals surface area contributed by atoms with Crippen LogP contribution < -0.4 is 11.1 Å². The highest BCUT2D eigenvalue weighted by molar-refractivity contribution is 5.97. The van der Waals surface area contributed by atoms with Crippen LogP contribution in [0.1, 0.15) is 53.1 Å². The first-order valence-corrected chi connectivity index (χ1v) is 12.7. The van der Waals surface area contributed by atoms with E-state index in [4.69, 9.17) is 5.73 Å². The number of hydrogen-bond acceptors (Lipinski definition) is 5. The maximum Gasteiger partial charge on any atom is 0.254 e. The molecule has 1 amide bonds. The molecule has 6 rings (SSSR count). The first-order chi connectivity index (χ1) is 17.5. The highest BCUT2D eigenvalue weighted by atomic mass is 19.1. The van der Waals surface area contributed by atoms with E-state index in [1.54, 1.807) is 6.07 Å². The molecule has 6 nitrogen and oxygen atoms in total. The van der Waals surface area contributed by atoms with Crippen molar-refractivity contribution in [1.29, 1.82) is 0 Å². The van der Waals surface area contributed by atoms with Gasteiger partial charge in [0, 0.05) is 24.2 Å². The highest BCUT2D eigenvalue weighted by Crippen LogP contribution is 2.35. The number of amides is 1.